The minimum absolute atomic E-state index is 0.176. The highest BCUT2D eigenvalue weighted by molar-refractivity contribution is 5.93. The lowest BCUT2D eigenvalue weighted by Gasteiger charge is -1.93. The van der Waals surface area contributed by atoms with E-state index in [0.29, 0.717) is 6.42 Å². The molecule has 0 aliphatic rings. The van der Waals surface area contributed by atoms with Gasteiger partial charge in [-0.25, -0.2) is 0 Å². The van der Waals surface area contributed by atoms with Crippen LogP contribution in [0, 0.1) is 0 Å². The fourth-order valence-electron chi connectivity index (χ4n) is 1.19. The molecule has 2 heteroatoms. The molecular formula is C12H16O2. The molecule has 0 radical (unpaired) electrons. The lowest BCUT2D eigenvalue weighted by molar-refractivity contribution is -0.114. The molecule has 0 spiro atoms. The number of carbonyl (C=O) groups excluding carboxylic acids is 1. The Labute approximate surface area is 84.6 Å². The van der Waals surface area contributed by atoms with Crippen molar-refractivity contribution in [3.63, 3.8) is 0 Å². The van der Waals surface area contributed by atoms with Gasteiger partial charge in [0.1, 0.15) is 5.76 Å². The highest BCUT2D eigenvalue weighted by Gasteiger charge is 1.96. The van der Waals surface area contributed by atoms with Crippen molar-refractivity contribution in [2.24, 2.45) is 0 Å². The van der Waals surface area contributed by atoms with E-state index in [1.165, 1.54) is 0 Å². The number of carbonyl (C=O) groups is 1. The summed E-state index contributed by atoms with van der Waals surface area (Å²) >= 11 is 0. The standard InChI is InChI=1S/C12H16O2/c1-2-3-4-6-11(13)8-9-12-7-5-10-14-12/h5,7-10H,2-4,6H2,1H3/b9-8+. The van der Waals surface area contributed by atoms with E-state index in [9.17, 15) is 4.79 Å². The van der Waals surface area contributed by atoms with E-state index in [-0.39, 0.29) is 5.78 Å². The molecule has 1 aromatic rings. The van der Waals surface area contributed by atoms with Gasteiger partial charge in [-0.15, -0.1) is 0 Å². The second kappa shape index (κ2) is 6.19. The average Bonchev–Trinajstić information content (AvgIpc) is 2.68. The van der Waals surface area contributed by atoms with Crippen molar-refractivity contribution in [1.82, 2.24) is 0 Å². The summed E-state index contributed by atoms with van der Waals surface area (Å²) in [6.45, 7) is 2.13. The van der Waals surface area contributed by atoms with Crippen molar-refractivity contribution in [2.75, 3.05) is 0 Å². The summed E-state index contributed by atoms with van der Waals surface area (Å²) < 4.78 is 5.07. The molecule has 0 aromatic carbocycles. The van der Waals surface area contributed by atoms with Crippen molar-refractivity contribution < 1.29 is 9.21 Å². The molecule has 0 saturated carbocycles. The molecule has 14 heavy (non-hydrogen) atoms. The van der Waals surface area contributed by atoms with E-state index >= 15 is 0 Å². The van der Waals surface area contributed by atoms with Crippen LogP contribution in [0.25, 0.3) is 6.08 Å². The van der Waals surface area contributed by atoms with Gasteiger partial charge in [-0.1, -0.05) is 19.8 Å². The van der Waals surface area contributed by atoms with Crippen molar-refractivity contribution in [1.29, 1.82) is 0 Å². The Morgan fingerprint density at radius 2 is 2.36 bits per heavy atom. The smallest absolute Gasteiger partial charge is 0.155 e. The maximum Gasteiger partial charge on any atom is 0.155 e. The maximum absolute atomic E-state index is 11.3. The van der Waals surface area contributed by atoms with E-state index in [1.54, 1.807) is 24.5 Å². The summed E-state index contributed by atoms with van der Waals surface area (Å²) in [7, 11) is 0. The van der Waals surface area contributed by atoms with Gasteiger partial charge < -0.3 is 4.42 Å². The minimum atomic E-state index is 0.176. The number of hydrogen-bond acceptors (Lipinski definition) is 2. The number of furan rings is 1. The van der Waals surface area contributed by atoms with Crippen LogP contribution in [0.3, 0.4) is 0 Å². The highest BCUT2D eigenvalue weighted by Crippen LogP contribution is 2.04. The van der Waals surface area contributed by atoms with Gasteiger partial charge in [-0.2, -0.15) is 0 Å². The van der Waals surface area contributed by atoms with Crippen molar-refractivity contribution in [2.45, 2.75) is 32.6 Å². The van der Waals surface area contributed by atoms with Crippen molar-refractivity contribution >= 4 is 11.9 Å². The normalized spacial score (nSPS) is 10.9. The second-order valence-corrected chi connectivity index (χ2v) is 3.27. The first-order valence-corrected chi connectivity index (χ1v) is 5.07. The van der Waals surface area contributed by atoms with Gasteiger partial charge in [0, 0.05) is 6.42 Å². The van der Waals surface area contributed by atoms with Crippen LogP contribution in [0.4, 0.5) is 0 Å². The van der Waals surface area contributed by atoms with Crippen molar-refractivity contribution in [3.8, 4) is 0 Å². The SMILES string of the molecule is CCCCCC(=O)/C=C/c1ccco1. The average molecular weight is 192 g/mol. The van der Waals surface area contributed by atoms with Gasteiger partial charge in [0.15, 0.2) is 5.78 Å². The van der Waals surface area contributed by atoms with Crippen LogP contribution in [-0.2, 0) is 4.79 Å². The first-order chi connectivity index (χ1) is 6.83. The Morgan fingerprint density at radius 1 is 1.50 bits per heavy atom. The zero-order chi connectivity index (χ0) is 10.2. The van der Waals surface area contributed by atoms with Gasteiger partial charge in [0.25, 0.3) is 0 Å². The fraction of sp³-hybridized carbons (Fsp3) is 0.417. The number of unbranched alkanes of at least 4 members (excludes halogenated alkanes) is 2. The molecule has 1 aromatic heterocycles. The van der Waals surface area contributed by atoms with E-state index in [1.807, 2.05) is 6.07 Å². The van der Waals surface area contributed by atoms with Crippen LogP contribution < -0.4 is 0 Å². The van der Waals surface area contributed by atoms with Gasteiger partial charge in [-0.05, 0) is 30.7 Å². The molecule has 2 nitrogen and oxygen atoms in total. The lowest BCUT2D eigenvalue weighted by atomic mass is 10.1. The molecule has 1 rings (SSSR count). The molecule has 0 aliphatic carbocycles. The molecule has 0 N–H and O–H groups in total. The monoisotopic (exact) mass is 192 g/mol. The van der Waals surface area contributed by atoms with Crippen molar-refractivity contribution in [3.05, 3.63) is 30.2 Å². The van der Waals surface area contributed by atoms with E-state index in [2.05, 4.69) is 6.92 Å². The zero-order valence-electron chi connectivity index (χ0n) is 8.53. The molecule has 0 bridgehead atoms. The molecule has 0 amide bonds. The van der Waals surface area contributed by atoms with E-state index in [0.717, 1.165) is 25.0 Å². The Balaban J connectivity index is 2.26. The predicted molar refractivity (Wildman–Crippen MR) is 56.9 cm³/mol. The largest absolute Gasteiger partial charge is 0.465 e. The summed E-state index contributed by atoms with van der Waals surface area (Å²) in [5, 5.41) is 0. The summed E-state index contributed by atoms with van der Waals surface area (Å²) in [5.41, 5.74) is 0. The molecule has 0 unspecified atom stereocenters. The Morgan fingerprint density at radius 3 is 3.00 bits per heavy atom. The van der Waals surface area contributed by atoms with Gasteiger partial charge >= 0.3 is 0 Å². The van der Waals surface area contributed by atoms with Gasteiger partial charge in [-0.3, -0.25) is 4.79 Å². The topological polar surface area (TPSA) is 30.2 Å². The zero-order valence-corrected chi connectivity index (χ0v) is 8.53. The molecule has 0 aliphatic heterocycles. The summed E-state index contributed by atoms with van der Waals surface area (Å²) in [5.74, 6) is 0.906. The molecule has 1 heterocycles. The molecule has 0 saturated heterocycles. The Bertz CT molecular complexity index is 283. The quantitative estimate of drug-likeness (QED) is 0.510. The van der Waals surface area contributed by atoms with Crippen LogP contribution in [0.1, 0.15) is 38.4 Å². The van der Waals surface area contributed by atoms with Crippen LogP contribution in [0.2, 0.25) is 0 Å². The van der Waals surface area contributed by atoms with Crippen LogP contribution >= 0.6 is 0 Å². The van der Waals surface area contributed by atoms with E-state index < -0.39 is 0 Å². The minimum Gasteiger partial charge on any atom is -0.465 e. The molecule has 76 valence electrons. The highest BCUT2D eigenvalue weighted by atomic mass is 16.3. The number of allylic oxidation sites excluding steroid dienone is 1. The number of ketones is 1. The van der Waals surface area contributed by atoms with Crippen LogP contribution in [0.5, 0.6) is 0 Å². The van der Waals surface area contributed by atoms with Crippen LogP contribution in [-0.4, -0.2) is 5.78 Å². The second-order valence-electron chi connectivity index (χ2n) is 3.27. The van der Waals surface area contributed by atoms with E-state index in [4.69, 9.17) is 4.42 Å². The third-order valence-electron chi connectivity index (χ3n) is 2.00. The summed E-state index contributed by atoms with van der Waals surface area (Å²) in [4.78, 5) is 11.3. The Kier molecular flexibility index (Phi) is 4.76. The number of rotatable bonds is 6. The maximum atomic E-state index is 11.3. The molecular weight excluding hydrogens is 176 g/mol. The number of hydrogen-bond donors (Lipinski definition) is 0. The summed E-state index contributed by atoms with van der Waals surface area (Å²) in [6.07, 6.45) is 8.81. The predicted octanol–water partition coefficient (Wildman–Crippen LogP) is 3.44. The fourth-order valence-corrected chi connectivity index (χ4v) is 1.19. The van der Waals surface area contributed by atoms with Gasteiger partial charge in [0.05, 0.1) is 6.26 Å². The lowest BCUT2D eigenvalue weighted by Crippen LogP contribution is -1.91. The third-order valence-corrected chi connectivity index (χ3v) is 2.00. The molecule has 0 atom stereocenters. The Hall–Kier alpha value is -1.31. The first kappa shape index (κ1) is 10.8. The molecule has 0 fully saturated rings. The van der Waals surface area contributed by atoms with Gasteiger partial charge in [0.2, 0.25) is 0 Å². The van der Waals surface area contributed by atoms with Crippen LogP contribution in [0.15, 0.2) is 28.9 Å². The summed E-state index contributed by atoms with van der Waals surface area (Å²) in [6, 6.07) is 3.64. The third kappa shape index (κ3) is 4.08. The first-order valence-electron chi connectivity index (χ1n) is 5.07.